The van der Waals surface area contributed by atoms with E-state index < -0.39 is 0 Å². The zero-order chi connectivity index (χ0) is 16.2. The Kier molecular flexibility index (Phi) is 4.32. The molecule has 0 spiro atoms. The highest BCUT2D eigenvalue weighted by Crippen LogP contribution is 2.39. The van der Waals surface area contributed by atoms with Crippen molar-refractivity contribution < 1.29 is 14.0 Å². The lowest BCUT2D eigenvalue weighted by Gasteiger charge is -2.06. The first-order valence-electron chi connectivity index (χ1n) is 7.36. The second-order valence-corrected chi connectivity index (χ2v) is 5.52. The Labute approximate surface area is 132 Å². The lowest BCUT2D eigenvalue weighted by Crippen LogP contribution is -2.27. The van der Waals surface area contributed by atoms with Crippen molar-refractivity contribution in [3.63, 3.8) is 0 Å². The maximum atomic E-state index is 12.8. The molecule has 1 fully saturated rings. The molecule has 6 heteroatoms. The molecule has 2 atom stereocenters. The number of rotatable bonds is 5. The molecule has 0 aliphatic heterocycles. The number of halogens is 1. The van der Waals surface area contributed by atoms with Crippen LogP contribution in [0.2, 0.25) is 0 Å². The average molecular weight is 313 g/mol. The number of nitrogens with one attached hydrogen (secondary N) is 2. The van der Waals surface area contributed by atoms with Crippen molar-refractivity contribution in [2.45, 2.75) is 13.0 Å². The minimum Gasteiger partial charge on any atom is -0.352 e. The molecule has 1 aliphatic rings. The maximum absolute atomic E-state index is 12.8. The van der Waals surface area contributed by atoms with E-state index in [0.29, 0.717) is 18.7 Å². The van der Waals surface area contributed by atoms with E-state index in [1.165, 1.54) is 24.3 Å². The second-order valence-electron chi connectivity index (χ2n) is 5.52. The van der Waals surface area contributed by atoms with Gasteiger partial charge in [-0.2, -0.15) is 0 Å². The number of amides is 2. The third-order valence-corrected chi connectivity index (χ3v) is 3.79. The Balaban J connectivity index is 1.47. The molecular formula is C17H16FN3O2. The topological polar surface area (TPSA) is 71.1 Å². The number of hydrogen-bond donors (Lipinski definition) is 2. The summed E-state index contributed by atoms with van der Waals surface area (Å²) >= 11 is 0. The van der Waals surface area contributed by atoms with Gasteiger partial charge in [-0.3, -0.25) is 14.6 Å². The van der Waals surface area contributed by atoms with E-state index in [9.17, 15) is 14.0 Å². The van der Waals surface area contributed by atoms with Crippen molar-refractivity contribution in [1.29, 1.82) is 0 Å². The van der Waals surface area contributed by atoms with Crippen LogP contribution in [-0.4, -0.2) is 16.8 Å². The maximum Gasteiger partial charge on any atom is 0.228 e. The molecule has 1 aromatic heterocycles. The molecule has 5 nitrogen and oxygen atoms in total. The summed E-state index contributed by atoms with van der Waals surface area (Å²) in [5, 5.41) is 5.52. The van der Waals surface area contributed by atoms with Crippen molar-refractivity contribution in [2.75, 3.05) is 5.32 Å². The highest BCUT2D eigenvalue weighted by Gasteiger charge is 2.47. The fraction of sp³-hybridized carbons (Fsp3) is 0.235. The molecule has 2 aromatic rings. The first kappa shape index (κ1) is 15.1. The van der Waals surface area contributed by atoms with Gasteiger partial charge in [-0.05, 0) is 48.4 Å². The van der Waals surface area contributed by atoms with Crippen LogP contribution in [0.5, 0.6) is 0 Å². The van der Waals surface area contributed by atoms with E-state index in [2.05, 4.69) is 15.6 Å². The van der Waals surface area contributed by atoms with Crippen molar-refractivity contribution in [3.05, 3.63) is 60.2 Å². The van der Waals surface area contributed by atoms with Crippen LogP contribution in [-0.2, 0) is 16.1 Å². The predicted molar refractivity (Wildman–Crippen MR) is 82.7 cm³/mol. The molecule has 2 amide bonds. The van der Waals surface area contributed by atoms with Crippen LogP contribution in [0.15, 0.2) is 48.8 Å². The number of pyridine rings is 1. The van der Waals surface area contributed by atoms with Gasteiger partial charge in [0.05, 0.1) is 11.8 Å². The molecule has 3 rings (SSSR count). The van der Waals surface area contributed by atoms with Gasteiger partial charge >= 0.3 is 0 Å². The molecule has 118 valence electrons. The SMILES string of the molecule is O=C(NCc1ccncc1)C1CC1C(=O)Nc1ccc(F)cc1. The lowest BCUT2D eigenvalue weighted by molar-refractivity contribution is -0.125. The minimum absolute atomic E-state index is 0.124. The van der Waals surface area contributed by atoms with E-state index in [0.717, 1.165) is 5.56 Å². The zero-order valence-corrected chi connectivity index (χ0v) is 12.3. The molecule has 0 bridgehead atoms. The summed E-state index contributed by atoms with van der Waals surface area (Å²) in [5.74, 6) is -1.31. The Morgan fingerprint density at radius 2 is 1.70 bits per heavy atom. The Hall–Kier alpha value is -2.76. The van der Waals surface area contributed by atoms with E-state index in [-0.39, 0.29) is 29.5 Å². The number of nitrogens with zero attached hydrogens (tertiary/aromatic N) is 1. The Morgan fingerprint density at radius 3 is 2.39 bits per heavy atom. The van der Waals surface area contributed by atoms with Crippen LogP contribution < -0.4 is 10.6 Å². The molecule has 2 unspecified atom stereocenters. The van der Waals surface area contributed by atoms with Crippen LogP contribution in [0.3, 0.4) is 0 Å². The molecule has 0 radical (unpaired) electrons. The number of aromatic nitrogens is 1. The highest BCUT2D eigenvalue weighted by molar-refractivity contribution is 5.99. The van der Waals surface area contributed by atoms with Gasteiger partial charge in [0.25, 0.3) is 0 Å². The summed E-state index contributed by atoms with van der Waals surface area (Å²) in [6, 6.07) is 9.20. The van der Waals surface area contributed by atoms with Crippen molar-refractivity contribution in [1.82, 2.24) is 10.3 Å². The van der Waals surface area contributed by atoms with E-state index in [1.807, 2.05) is 12.1 Å². The summed E-state index contributed by atoms with van der Waals surface area (Å²) in [7, 11) is 0. The van der Waals surface area contributed by atoms with Gasteiger partial charge in [0.15, 0.2) is 0 Å². The number of anilines is 1. The summed E-state index contributed by atoms with van der Waals surface area (Å²) in [4.78, 5) is 28.0. The largest absolute Gasteiger partial charge is 0.352 e. The summed E-state index contributed by atoms with van der Waals surface area (Å²) in [6.07, 6.45) is 3.87. The predicted octanol–water partition coefficient (Wildman–Crippen LogP) is 2.11. The van der Waals surface area contributed by atoms with Crippen molar-refractivity contribution >= 4 is 17.5 Å². The fourth-order valence-corrected chi connectivity index (χ4v) is 2.36. The van der Waals surface area contributed by atoms with Crippen molar-refractivity contribution in [3.8, 4) is 0 Å². The minimum atomic E-state index is -0.359. The molecule has 1 saturated carbocycles. The normalized spacial score (nSPS) is 19.0. The quantitative estimate of drug-likeness (QED) is 0.888. The molecule has 23 heavy (non-hydrogen) atoms. The van der Waals surface area contributed by atoms with Gasteiger partial charge in [0.1, 0.15) is 5.82 Å². The van der Waals surface area contributed by atoms with Gasteiger partial charge in [-0.25, -0.2) is 4.39 Å². The lowest BCUT2D eigenvalue weighted by atomic mass is 10.2. The molecule has 1 aromatic carbocycles. The summed E-state index contributed by atoms with van der Waals surface area (Å²) < 4.78 is 12.8. The Morgan fingerprint density at radius 1 is 1.04 bits per heavy atom. The van der Waals surface area contributed by atoms with Crippen LogP contribution in [0.25, 0.3) is 0 Å². The van der Waals surface area contributed by atoms with Crippen molar-refractivity contribution in [2.24, 2.45) is 11.8 Å². The van der Waals surface area contributed by atoms with Gasteiger partial charge in [0, 0.05) is 24.6 Å². The van der Waals surface area contributed by atoms with E-state index >= 15 is 0 Å². The molecule has 1 aliphatic carbocycles. The first-order chi connectivity index (χ1) is 11.1. The third-order valence-electron chi connectivity index (χ3n) is 3.79. The average Bonchev–Trinajstić information content (AvgIpc) is 3.36. The zero-order valence-electron chi connectivity index (χ0n) is 12.3. The fourth-order valence-electron chi connectivity index (χ4n) is 2.36. The first-order valence-corrected chi connectivity index (χ1v) is 7.36. The van der Waals surface area contributed by atoms with Crippen LogP contribution in [0.4, 0.5) is 10.1 Å². The molecule has 0 saturated heterocycles. The Bertz CT molecular complexity index is 704. The number of carbonyl (C=O) groups is 2. The summed E-state index contributed by atoms with van der Waals surface area (Å²) in [5.41, 5.74) is 1.49. The highest BCUT2D eigenvalue weighted by atomic mass is 19.1. The third kappa shape index (κ3) is 3.91. The summed E-state index contributed by atoms with van der Waals surface area (Å²) in [6.45, 7) is 0.421. The van der Waals surface area contributed by atoms with E-state index in [4.69, 9.17) is 0 Å². The van der Waals surface area contributed by atoms with Gasteiger partial charge in [-0.15, -0.1) is 0 Å². The molecule has 1 heterocycles. The number of carbonyl (C=O) groups excluding carboxylic acids is 2. The van der Waals surface area contributed by atoms with E-state index in [1.54, 1.807) is 12.4 Å². The van der Waals surface area contributed by atoms with Crippen LogP contribution in [0.1, 0.15) is 12.0 Å². The molecular weight excluding hydrogens is 297 g/mol. The van der Waals surface area contributed by atoms with Gasteiger partial charge < -0.3 is 10.6 Å². The standard InChI is InChI=1S/C17H16FN3O2/c18-12-1-3-13(4-2-12)21-17(23)15-9-14(15)16(22)20-10-11-5-7-19-8-6-11/h1-8,14-15H,9-10H2,(H,20,22)(H,21,23). The monoisotopic (exact) mass is 313 g/mol. The second kappa shape index (κ2) is 6.56. The number of benzene rings is 1. The van der Waals surface area contributed by atoms with Crippen LogP contribution >= 0.6 is 0 Å². The number of hydrogen-bond acceptors (Lipinski definition) is 3. The smallest absolute Gasteiger partial charge is 0.228 e. The molecule has 2 N–H and O–H groups in total. The van der Waals surface area contributed by atoms with Gasteiger partial charge in [-0.1, -0.05) is 0 Å². The van der Waals surface area contributed by atoms with Gasteiger partial charge in [0.2, 0.25) is 11.8 Å². The van der Waals surface area contributed by atoms with Crippen LogP contribution in [0, 0.1) is 17.7 Å².